The van der Waals surface area contributed by atoms with E-state index in [4.69, 9.17) is 11.6 Å². The van der Waals surface area contributed by atoms with Crippen LogP contribution in [0.25, 0.3) is 15.9 Å². The molecular weight excluding hydrogens is 408 g/mol. The third kappa shape index (κ3) is 3.34. The van der Waals surface area contributed by atoms with E-state index in [0.717, 1.165) is 15.0 Å². The number of halogens is 1. The van der Waals surface area contributed by atoms with E-state index in [1.165, 1.54) is 15.9 Å². The zero-order valence-corrected chi connectivity index (χ0v) is 17.4. The van der Waals surface area contributed by atoms with Gasteiger partial charge in [0.1, 0.15) is 4.83 Å². The molecule has 5 nitrogen and oxygen atoms in total. The first kappa shape index (κ1) is 19.4. The summed E-state index contributed by atoms with van der Waals surface area (Å²) in [5.74, 6) is -0.195. The standard InChI is InChI=1S/C22H17ClN2O3S/c1-13-14(2)29-21-19(13)20(27)25(17-10-8-16(23)9-11-17)22(28)24(21)12-18(26)15-6-4-3-5-7-15/h3-11H,12H2,1-2H3. The number of rotatable bonds is 4. The number of aryl methyl sites for hydroxylation is 2. The molecule has 0 spiro atoms. The highest BCUT2D eigenvalue weighted by Gasteiger charge is 2.21. The topological polar surface area (TPSA) is 61.1 Å². The molecule has 0 aliphatic rings. The molecule has 146 valence electrons. The van der Waals surface area contributed by atoms with Crippen molar-refractivity contribution >= 4 is 38.9 Å². The first-order valence-corrected chi connectivity index (χ1v) is 10.2. The Morgan fingerprint density at radius 2 is 1.66 bits per heavy atom. The Bertz CT molecular complexity index is 1350. The van der Waals surface area contributed by atoms with E-state index >= 15 is 0 Å². The van der Waals surface area contributed by atoms with Gasteiger partial charge in [-0.1, -0.05) is 41.9 Å². The summed E-state index contributed by atoms with van der Waals surface area (Å²) in [4.78, 5) is 40.8. The summed E-state index contributed by atoms with van der Waals surface area (Å²) in [5.41, 5.74) is 0.809. The highest BCUT2D eigenvalue weighted by molar-refractivity contribution is 7.18. The van der Waals surface area contributed by atoms with Crippen LogP contribution in [0.5, 0.6) is 0 Å². The SMILES string of the molecule is Cc1sc2c(c1C)c(=O)n(-c1ccc(Cl)cc1)c(=O)n2CC(=O)c1ccccc1. The minimum absolute atomic E-state index is 0.146. The molecule has 4 aromatic rings. The lowest BCUT2D eigenvalue weighted by Gasteiger charge is -2.12. The van der Waals surface area contributed by atoms with Crippen LogP contribution in [-0.2, 0) is 6.54 Å². The Morgan fingerprint density at radius 1 is 1.00 bits per heavy atom. The quantitative estimate of drug-likeness (QED) is 0.457. The second-order valence-electron chi connectivity index (χ2n) is 6.74. The second kappa shape index (κ2) is 7.46. The van der Waals surface area contributed by atoms with Crippen LogP contribution in [-0.4, -0.2) is 14.9 Å². The van der Waals surface area contributed by atoms with Crippen molar-refractivity contribution in [2.75, 3.05) is 0 Å². The molecule has 0 radical (unpaired) electrons. The van der Waals surface area contributed by atoms with Gasteiger partial charge in [-0.3, -0.25) is 14.2 Å². The number of hydrogen-bond donors (Lipinski definition) is 0. The van der Waals surface area contributed by atoms with Crippen molar-refractivity contribution < 1.29 is 4.79 Å². The third-order valence-electron chi connectivity index (χ3n) is 4.93. The summed E-state index contributed by atoms with van der Waals surface area (Å²) in [5, 5.41) is 0.966. The van der Waals surface area contributed by atoms with Crippen molar-refractivity contribution in [1.29, 1.82) is 0 Å². The van der Waals surface area contributed by atoms with E-state index < -0.39 is 11.2 Å². The molecule has 4 rings (SSSR count). The number of aromatic nitrogens is 2. The van der Waals surface area contributed by atoms with E-state index in [-0.39, 0.29) is 12.3 Å². The zero-order chi connectivity index (χ0) is 20.7. The summed E-state index contributed by atoms with van der Waals surface area (Å²) in [6, 6.07) is 15.3. The van der Waals surface area contributed by atoms with Crippen molar-refractivity contribution in [2.45, 2.75) is 20.4 Å². The zero-order valence-electron chi connectivity index (χ0n) is 15.8. The molecule has 0 amide bonds. The normalized spacial score (nSPS) is 11.1. The maximum Gasteiger partial charge on any atom is 0.337 e. The lowest BCUT2D eigenvalue weighted by atomic mass is 10.1. The first-order chi connectivity index (χ1) is 13.9. The lowest BCUT2D eigenvalue weighted by Crippen LogP contribution is -2.39. The summed E-state index contributed by atoms with van der Waals surface area (Å²) in [7, 11) is 0. The highest BCUT2D eigenvalue weighted by atomic mass is 35.5. The largest absolute Gasteiger partial charge is 0.337 e. The van der Waals surface area contributed by atoms with Gasteiger partial charge in [0.2, 0.25) is 0 Å². The highest BCUT2D eigenvalue weighted by Crippen LogP contribution is 2.27. The van der Waals surface area contributed by atoms with Gasteiger partial charge in [0.15, 0.2) is 5.78 Å². The summed E-state index contributed by atoms with van der Waals surface area (Å²) in [6.07, 6.45) is 0. The van der Waals surface area contributed by atoms with Gasteiger partial charge in [0.25, 0.3) is 5.56 Å². The molecule has 0 N–H and O–H groups in total. The van der Waals surface area contributed by atoms with Gasteiger partial charge in [0.05, 0.1) is 17.6 Å². The lowest BCUT2D eigenvalue weighted by molar-refractivity contribution is 0.0972. The van der Waals surface area contributed by atoms with Crippen LogP contribution in [0.3, 0.4) is 0 Å². The fourth-order valence-electron chi connectivity index (χ4n) is 3.27. The molecule has 7 heteroatoms. The molecule has 0 aliphatic carbocycles. The van der Waals surface area contributed by atoms with Crippen LogP contribution in [0.2, 0.25) is 5.02 Å². The van der Waals surface area contributed by atoms with Crippen LogP contribution in [0.4, 0.5) is 0 Å². The van der Waals surface area contributed by atoms with Crippen molar-refractivity contribution in [3.63, 3.8) is 0 Å². The molecule has 0 saturated heterocycles. The molecule has 0 bridgehead atoms. The number of benzene rings is 2. The smallest absolute Gasteiger partial charge is 0.292 e. The Morgan fingerprint density at radius 3 is 2.31 bits per heavy atom. The van der Waals surface area contributed by atoms with Crippen molar-refractivity contribution in [3.8, 4) is 5.69 Å². The maximum atomic E-state index is 13.3. The van der Waals surface area contributed by atoms with Gasteiger partial charge in [-0.15, -0.1) is 11.3 Å². The van der Waals surface area contributed by atoms with Gasteiger partial charge in [-0.2, -0.15) is 0 Å². The maximum absolute atomic E-state index is 13.3. The predicted molar refractivity (Wildman–Crippen MR) is 117 cm³/mol. The van der Waals surface area contributed by atoms with E-state index in [1.54, 1.807) is 48.5 Å². The van der Waals surface area contributed by atoms with Crippen LogP contribution in [0, 0.1) is 13.8 Å². The summed E-state index contributed by atoms with van der Waals surface area (Å²) in [6.45, 7) is 3.61. The van der Waals surface area contributed by atoms with Gasteiger partial charge in [-0.05, 0) is 43.7 Å². The van der Waals surface area contributed by atoms with Gasteiger partial charge in [0, 0.05) is 15.5 Å². The third-order valence-corrected chi connectivity index (χ3v) is 6.42. The number of Topliss-reactive ketones (excluding diaryl/α,β-unsaturated/α-hetero) is 1. The second-order valence-corrected chi connectivity index (χ2v) is 8.38. The minimum atomic E-state index is -0.546. The summed E-state index contributed by atoms with van der Waals surface area (Å²) < 4.78 is 2.50. The van der Waals surface area contributed by atoms with E-state index in [0.29, 0.717) is 26.5 Å². The van der Waals surface area contributed by atoms with Gasteiger partial charge in [-0.25, -0.2) is 9.36 Å². The molecule has 2 heterocycles. The number of carbonyl (C=O) groups is 1. The summed E-state index contributed by atoms with van der Waals surface area (Å²) >= 11 is 7.31. The Hall–Kier alpha value is -2.96. The molecule has 29 heavy (non-hydrogen) atoms. The average Bonchev–Trinajstić information content (AvgIpc) is 3.02. The van der Waals surface area contributed by atoms with Gasteiger partial charge < -0.3 is 0 Å². The van der Waals surface area contributed by atoms with E-state index in [2.05, 4.69) is 0 Å². The molecule has 0 unspecified atom stereocenters. The fraction of sp³-hybridized carbons (Fsp3) is 0.136. The first-order valence-electron chi connectivity index (χ1n) is 8.98. The Labute approximate surface area is 175 Å². The molecule has 0 saturated carbocycles. The molecule has 0 aliphatic heterocycles. The van der Waals surface area contributed by atoms with Gasteiger partial charge >= 0.3 is 5.69 Å². The Kier molecular flexibility index (Phi) is 4.98. The number of thiophene rings is 1. The molecule has 0 fully saturated rings. The molecule has 2 aromatic heterocycles. The number of carbonyl (C=O) groups excluding carboxylic acids is 1. The van der Waals surface area contributed by atoms with Crippen LogP contribution in [0.1, 0.15) is 20.8 Å². The van der Waals surface area contributed by atoms with Crippen LogP contribution >= 0.6 is 22.9 Å². The van der Waals surface area contributed by atoms with E-state index in [9.17, 15) is 14.4 Å². The fourth-order valence-corrected chi connectivity index (χ4v) is 4.54. The van der Waals surface area contributed by atoms with Crippen LogP contribution in [0.15, 0.2) is 64.2 Å². The average molecular weight is 425 g/mol. The predicted octanol–water partition coefficient (Wildman–Crippen LogP) is 4.37. The van der Waals surface area contributed by atoms with Crippen molar-refractivity contribution in [2.24, 2.45) is 0 Å². The molecular formula is C22H17ClN2O3S. The van der Waals surface area contributed by atoms with E-state index in [1.807, 2.05) is 19.9 Å². The molecule has 0 atom stereocenters. The number of fused-ring (bicyclic) bond motifs is 1. The van der Waals surface area contributed by atoms with Crippen LogP contribution < -0.4 is 11.2 Å². The number of ketones is 1. The van der Waals surface area contributed by atoms with Crippen molar-refractivity contribution in [3.05, 3.63) is 96.5 Å². The number of nitrogens with zero attached hydrogens (tertiary/aromatic N) is 2. The Balaban J connectivity index is 1.99. The number of hydrogen-bond acceptors (Lipinski definition) is 4. The molecule has 2 aromatic carbocycles. The van der Waals surface area contributed by atoms with Crippen molar-refractivity contribution in [1.82, 2.24) is 9.13 Å². The minimum Gasteiger partial charge on any atom is -0.292 e. The monoisotopic (exact) mass is 424 g/mol.